The van der Waals surface area contributed by atoms with Crippen LogP contribution in [0.15, 0.2) is 0 Å². The highest BCUT2D eigenvalue weighted by molar-refractivity contribution is 5.60. The molecule has 0 heterocycles. The van der Waals surface area contributed by atoms with Crippen LogP contribution < -0.4 is 5.59 Å². The molecule has 0 aliphatic rings. The summed E-state index contributed by atoms with van der Waals surface area (Å²) >= 11 is 0. The lowest BCUT2D eigenvalue weighted by Crippen LogP contribution is -2.47. The van der Waals surface area contributed by atoms with Crippen LogP contribution in [0.2, 0.25) is 0 Å². The summed E-state index contributed by atoms with van der Waals surface area (Å²) in [5.74, 6) is 0. The molecule has 9 nitrogen and oxygen atoms in total. The van der Waals surface area contributed by atoms with E-state index in [0.29, 0.717) is 0 Å². The predicted octanol–water partition coefficient (Wildman–Crippen LogP) is 0.359. The van der Waals surface area contributed by atoms with E-state index in [1.807, 2.05) is 5.59 Å². The SMILES string of the molecule is CC(ONN([O-])N(C)CCO)OC(=O)OC(C)(C)C. The molecule has 1 unspecified atom stereocenters. The highest BCUT2D eigenvalue weighted by Crippen LogP contribution is 2.09. The molecular weight excluding hydrogens is 258 g/mol. The van der Waals surface area contributed by atoms with Gasteiger partial charge >= 0.3 is 6.16 Å². The fraction of sp³-hybridized carbons (Fsp3) is 0.900. The molecule has 0 spiro atoms. The Morgan fingerprint density at radius 3 is 2.53 bits per heavy atom. The Morgan fingerprint density at radius 2 is 2.05 bits per heavy atom. The Labute approximate surface area is 112 Å². The lowest BCUT2D eigenvalue weighted by Gasteiger charge is -2.36. The molecule has 0 radical (unpaired) electrons. The van der Waals surface area contributed by atoms with Crippen LogP contribution >= 0.6 is 0 Å². The average Bonchev–Trinajstić information content (AvgIpc) is 2.23. The maximum absolute atomic E-state index is 11.3. The van der Waals surface area contributed by atoms with Crippen LogP contribution in [0.4, 0.5) is 4.79 Å². The smallest absolute Gasteiger partial charge is 0.511 e. The Bertz CT molecular complexity index is 270. The molecule has 0 aliphatic heterocycles. The summed E-state index contributed by atoms with van der Waals surface area (Å²) < 4.78 is 9.63. The molecule has 0 rings (SSSR count). The van der Waals surface area contributed by atoms with Crippen molar-refractivity contribution in [3.63, 3.8) is 0 Å². The van der Waals surface area contributed by atoms with Gasteiger partial charge in [0.1, 0.15) is 5.60 Å². The van der Waals surface area contributed by atoms with Crippen molar-refractivity contribution in [3.05, 3.63) is 5.21 Å². The van der Waals surface area contributed by atoms with Crippen molar-refractivity contribution < 1.29 is 24.2 Å². The van der Waals surface area contributed by atoms with E-state index >= 15 is 0 Å². The third-order valence-electron chi connectivity index (χ3n) is 1.68. The predicted molar refractivity (Wildman–Crippen MR) is 65.9 cm³/mol. The minimum atomic E-state index is -1.02. The molecule has 0 bridgehead atoms. The van der Waals surface area contributed by atoms with E-state index in [4.69, 9.17) is 19.4 Å². The molecule has 114 valence electrons. The molecule has 0 aromatic heterocycles. The van der Waals surface area contributed by atoms with Crippen LogP contribution in [0.3, 0.4) is 0 Å². The Kier molecular flexibility index (Phi) is 7.83. The zero-order chi connectivity index (χ0) is 15.1. The number of ether oxygens (including phenoxy) is 2. The van der Waals surface area contributed by atoms with Gasteiger partial charge < -0.3 is 19.8 Å². The molecule has 1 atom stereocenters. The van der Waals surface area contributed by atoms with E-state index in [2.05, 4.69) is 0 Å². The molecule has 9 heteroatoms. The number of nitrogens with one attached hydrogen (secondary N) is 1. The number of carbonyl (C=O) groups excluding carboxylic acids is 1. The van der Waals surface area contributed by atoms with Crippen molar-refractivity contribution in [2.24, 2.45) is 0 Å². The number of aliphatic hydroxyl groups excluding tert-OH is 1. The Balaban J connectivity index is 3.92. The zero-order valence-electron chi connectivity index (χ0n) is 11.9. The highest BCUT2D eigenvalue weighted by atomic mass is 16.9. The molecule has 0 aliphatic carbocycles. The van der Waals surface area contributed by atoms with E-state index in [1.54, 1.807) is 20.8 Å². The second-order valence-electron chi connectivity index (χ2n) is 4.74. The van der Waals surface area contributed by atoms with E-state index < -0.39 is 18.0 Å². The molecule has 0 fully saturated rings. The maximum Gasteiger partial charge on any atom is 0.511 e. The Hall–Kier alpha value is -0.970. The van der Waals surface area contributed by atoms with Gasteiger partial charge in [0.2, 0.25) is 6.29 Å². The first-order valence-electron chi connectivity index (χ1n) is 5.76. The monoisotopic (exact) mass is 280 g/mol. The van der Waals surface area contributed by atoms with Gasteiger partial charge in [0.15, 0.2) is 0 Å². The third-order valence-corrected chi connectivity index (χ3v) is 1.68. The number of carbonyl (C=O) groups is 1. The minimum absolute atomic E-state index is 0.126. The first-order chi connectivity index (χ1) is 8.65. The van der Waals surface area contributed by atoms with Crippen LogP contribution in [-0.2, 0) is 14.3 Å². The van der Waals surface area contributed by atoms with Gasteiger partial charge in [0.25, 0.3) is 0 Å². The first-order valence-corrected chi connectivity index (χ1v) is 5.76. The summed E-state index contributed by atoms with van der Waals surface area (Å²) in [5, 5.41) is 21.3. The second-order valence-corrected chi connectivity index (χ2v) is 4.74. The van der Waals surface area contributed by atoms with Gasteiger partial charge in [-0.3, -0.25) is 0 Å². The largest absolute Gasteiger partial charge is 0.756 e. The fourth-order valence-corrected chi connectivity index (χ4v) is 0.858. The average molecular weight is 280 g/mol. The fourth-order valence-electron chi connectivity index (χ4n) is 0.858. The van der Waals surface area contributed by atoms with E-state index in [0.717, 1.165) is 5.01 Å². The number of likely N-dealkylation sites (N-methyl/N-ethyl adjacent to an activating group) is 1. The quantitative estimate of drug-likeness (QED) is 0.388. The molecular formula is C10H22N3O6-. The lowest BCUT2D eigenvalue weighted by molar-refractivity contribution is -0.231. The van der Waals surface area contributed by atoms with Crippen LogP contribution in [0.5, 0.6) is 0 Å². The van der Waals surface area contributed by atoms with Crippen molar-refractivity contribution in [1.82, 2.24) is 15.9 Å². The summed E-state index contributed by atoms with van der Waals surface area (Å²) in [4.78, 5) is 16.0. The number of hydrogen-bond acceptors (Lipinski definition) is 9. The molecule has 0 saturated heterocycles. The standard InChI is InChI=1S/C10H22N3O6/c1-8(17-9(15)18-10(2,3)4)19-11-13(16)12(5)6-7-14/h8,11,14H,6-7H2,1-5H3/q-1. The van der Waals surface area contributed by atoms with Gasteiger partial charge in [-0.05, 0) is 20.8 Å². The van der Waals surface area contributed by atoms with Crippen molar-refractivity contribution in [2.45, 2.75) is 39.6 Å². The third kappa shape index (κ3) is 9.59. The molecule has 0 amide bonds. The van der Waals surface area contributed by atoms with Crippen molar-refractivity contribution in [3.8, 4) is 0 Å². The van der Waals surface area contributed by atoms with Gasteiger partial charge in [0, 0.05) is 20.5 Å². The van der Waals surface area contributed by atoms with Crippen LogP contribution in [0, 0.1) is 5.21 Å². The van der Waals surface area contributed by atoms with E-state index in [9.17, 15) is 10.0 Å². The van der Waals surface area contributed by atoms with Crippen LogP contribution in [0.25, 0.3) is 0 Å². The summed E-state index contributed by atoms with van der Waals surface area (Å²) in [6.45, 7) is 6.45. The first kappa shape index (κ1) is 18.0. The molecule has 19 heavy (non-hydrogen) atoms. The summed E-state index contributed by atoms with van der Waals surface area (Å²) in [6.07, 6.45) is -1.92. The van der Waals surface area contributed by atoms with Crippen LogP contribution in [-0.4, -0.2) is 53.6 Å². The lowest BCUT2D eigenvalue weighted by atomic mass is 10.2. The summed E-state index contributed by atoms with van der Waals surface area (Å²) in [6, 6.07) is 0. The molecule has 2 N–H and O–H groups in total. The van der Waals surface area contributed by atoms with Gasteiger partial charge in [-0.1, -0.05) is 0 Å². The maximum atomic E-state index is 11.3. The highest BCUT2D eigenvalue weighted by Gasteiger charge is 2.19. The van der Waals surface area contributed by atoms with Crippen molar-refractivity contribution in [2.75, 3.05) is 20.2 Å². The van der Waals surface area contributed by atoms with Crippen molar-refractivity contribution in [1.29, 1.82) is 0 Å². The number of hydrogen-bond donors (Lipinski definition) is 2. The molecule has 0 aromatic carbocycles. The van der Waals surface area contributed by atoms with E-state index in [-0.39, 0.29) is 18.4 Å². The normalized spacial score (nSPS) is 13.7. The number of aliphatic hydroxyl groups is 1. The summed E-state index contributed by atoms with van der Waals surface area (Å²) in [7, 11) is 1.44. The van der Waals surface area contributed by atoms with Crippen molar-refractivity contribution >= 4 is 6.16 Å². The topological polar surface area (TPSA) is 107 Å². The van der Waals surface area contributed by atoms with Crippen LogP contribution in [0.1, 0.15) is 27.7 Å². The van der Waals surface area contributed by atoms with Gasteiger partial charge in [0.05, 0.1) is 6.61 Å². The van der Waals surface area contributed by atoms with E-state index in [1.165, 1.54) is 14.0 Å². The van der Waals surface area contributed by atoms with Gasteiger partial charge in [-0.25, -0.2) is 19.9 Å². The molecule has 0 aromatic rings. The summed E-state index contributed by atoms with van der Waals surface area (Å²) in [5.41, 5.74) is 1.32. The number of hydrazine groups is 2. The van der Waals surface area contributed by atoms with Gasteiger partial charge in [-0.2, -0.15) is 0 Å². The van der Waals surface area contributed by atoms with Gasteiger partial charge in [-0.15, -0.1) is 5.59 Å². The molecule has 0 saturated carbocycles. The number of rotatable bonds is 7. The minimum Gasteiger partial charge on any atom is -0.756 e. The Morgan fingerprint density at radius 1 is 1.47 bits per heavy atom. The number of nitrogens with zero attached hydrogens (tertiary/aromatic N) is 2. The second kappa shape index (κ2) is 8.25. The zero-order valence-corrected chi connectivity index (χ0v) is 11.9.